The van der Waals surface area contributed by atoms with Gasteiger partial charge in [0.05, 0.1) is 0 Å². The van der Waals surface area contributed by atoms with Crippen LogP contribution >= 0.6 is 0 Å². The molecule has 0 bridgehead atoms. The Morgan fingerprint density at radius 2 is 1.75 bits per heavy atom. The van der Waals surface area contributed by atoms with Crippen LogP contribution in [0.1, 0.15) is 32.6 Å². The molecule has 1 nitrogen and oxygen atoms in total. The van der Waals surface area contributed by atoms with Gasteiger partial charge in [0.15, 0.2) is 0 Å². The van der Waals surface area contributed by atoms with Gasteiger partial charge >= 0.3 is 0 Å². The Morgan fingerprint density at radius 1 is 1.17 bits per heavy atom. The fraction of sp³-hybridized carbons (Fsp3) is 0.818. The summed E-state index contributed by atoms with van der Waals surface area (Å²) < 4.78 is 0. The number of hydrogen-bond acceptors (Lipinski definition) is 1. The van der Waals surface area contributed by atoms with Gasteiger partial charge in [-0.3, -0.25) is 0 Å². The molecule has 1 aliphatic heterocycles. The fourth-order valence-corrected chi connectivity index (χ4v) is 1.97. The van der Waals surface area contributed by atoms with Crippen LogP contribution in [0.3, 0.4) is 0 Å². The van der Waals surface area contributed by atoms with E-state index in [0.29, 0.717) is 0 Å². The molecule has 12 heavy (non-hydrogen) atoms. The summed E-state index contributed by atoms with van der Waals surface area (Å²) in [5.41, 5.74) is 1.43. The summed E-state index contributed by atoms with van der Waals surface area (Å²) in [6.07, 6.45) is 5.52. The van der Waals surface area contributed by atoms with Crippen LogP contribution in [0, 0.1) is 11.8 Å². The Hall–Kier alpha value is -0.460. The van der Waals surface area contributed by atoms with Crippen molar-refractivity contribution in [3.05, 3.63) is 12.3 Å². The number of rotatable bonds is 2. The summed E-state index contributed by atoms with van der Waals surface area (Å²) in [5, 5.41) is 0. The Balaban J connectivity index is 1.84. The first-order valence-electron chi connectivity index (χ1n) is 5.21. The highest BCUT2D eigenvalue weighted by molar-refractivity contribution is 5.07. The molecule has 1 heteroatoms. The average Bonchev–Trinajstić information content (AvgIpc) is 2.87. The van der Waals surface area contributed by atoms with Crippen molar-refractivity contribution in [1.29, 1.82) is 0 Å². The summed E-state index contributed by atoms with van der Waals surface area (Å²) in [7, 11) is 0. The second-order valence-electron chi connectivity index (χ2n) is 4.44. The van der Waals surface area contributed by atoms with Gasteiger partial charge in [-0.05, 0) is 37.5 Å². The Labute approximate surface area is 75.4 Å². The maximum absolute atomic E-state index is 4.19. The first-order chi connectivity index (χ1) is 5.77. The molecular formula is C11H19N. The van der Waals surface area contributed by atoms with Gasteiger partial charge in [-0.25, -0.2) is 0 Å². The van der Waals surface area contributed by atoms with Gasteiger partial charge in [0, 0.05) is 18.8 Å². The van der Waals surface area contributed by atoms with Crippen LogP contribution in [-0.2, 0) is 0 Å². The molecule has 0 unspecified atom stereocenters. The lowest BCUT2D eigenvalue weighted by Gasteiger charge is -2.33. The van der Waals surface area contributed by atoms with E-state index in [1.165, 1.54) is 44.5 Å². The Kier molecular flexibility index (Phi) is 2.12. The molecule has 2 fully saturated rings. The van der Waals surface area contributed by atoms with Crippen LogP contribution in [-0.4, -0.2) is 18.0 Å². The standard InChI is InChI=1S/C11H19N/c1-9-5-7-12(8-6-9)10(2)11-3-4-11/h9,11H,2-8H2,1H3. The minimum atomic E-state index is 0.860. The highest BCUT2D eigenvalue weighted by Crippen LogP contribution is 2.38. The first-order valence-corrected chi connectivity index (χ1v) is 5.21. The minimum absolute atomic E-state index is 0.860. The van der Waals surface area contributed by atoms with Crippen LogP contribution in [0.2, 0.25) is 0 Å². The fourth-order valence-electron chi connectivity index (χ4n) is 1.97. The largest absolute Gasteiger partial charge is 0.375 e. The van der Waals surface area contributed by atoms with Gasteiger partial charge in [0.25, 0.3) is 0 Å². The van der Waals surface area contributed by atoms with E-state index in [-0.39, 0.29) is 0 Å². The molecule has 0 atom stereocenters. The van der Waals surface area contributed by atoms with Crippen LogP contribution in [0.15, 0.2) is 12.3 Å². The number of piperidine rings is 1. The van der Waals surface area contributed by atoms with Gasteiger partial charge in [-0.1, -0.05) is 13.5 Å². The molecule has 1 saturated carbocycles. The highest BCUT2D eigenvalue weighted by atomic mass is 15.1. The van der Waals surface area contributed by atoms with Crippen molar-refractivity contribution >= 4 is 0 Å². The monoisotopic (exact) mass is 165 g/mol. The van der Waals surface area contributed by atoms with Gasteiger partial charge in [-0.2, -0.15) is 0 Å². The molecular weight excluding hydrogens is 146 g/mol. The number of allylic oxidation sites excluding steroid dienone is 1. The molecule has 0 radical (unpaired) electrons. The van der Waals surface area contributed by atoms with Crippen molar-refractivity contribution in [3.63, 3.8) is 0 Å². The molecule has 0 amide bonds. The predicted octanol–water partition coefficient (Wildman–Crippen LogP) is 2.64. The number of nitrogens with zero attached hydrogens (tertiary/aromatic N) is 1. The molecule has 0 aromatic heterocycles. The van der Waals surface area contributed by atoms with Crippen molar-refractivity contribution < 1.29 is 0 Å². The average molecular weight is 165 g/mol. The zero-order chi connectivity index (χ0) is 8.55. The van der Waals surface area contributed by atoms with E-state index >= 15 is 0 Å². The van der Waals surface area contributed by atoms with E-state index in [9.17, 15) is 0 Å². The van der Waals surface area contributed by atoms with Gasteiger partial charge < -0.3 is 4.90 Å². The normalized spacial score (nSPS) is 25.9. The van der Waals surface area contributed by atoms with E-state index in [0.717, 1.165) is 11.8 Å². The van der Waals surface area contributed by atoms with E-state index in [1.54, 1.807) is 0 Å². The van der Waals surface area contributed by atoms with Crippen LogP contribution in [0.5, 0.6) is 0 Å². The van der Waals surface area contributed by atoms with Gasteiger partial charge in [-0.15, -0.1) is 0 Å². The predicted molar refractivity (Wildman–Crippen MR) is 51.8 cm³/mol. The summed E-state index contributed by atoms with van der Waals surface area (Å²) in [5.74, 6) is 1.80. The van der Waals surface area contributed by atoms with Crippen LogP contribution in [0.25, 0.3) is 0 Å². The molecule has 0 spiro atoms. The Morgan fingerprint density at radius 3 is 2.25 bits per heavy atom. The summed E-state index contributed by atoms with van der Waals surface area (Å²) in [6.45, 7) is 9.07. The Bertz CT molecular complexity index is 173. The van der Waals surface area contributed by atoms with Gasteiger partial charge in [0.2, 0.25) is 0 Å². The van der Waals surface area contributed by atoms with E-state index < -0.39 is 0 Å². The second-order valence-corrected chi connectivity index (χ2v) is 4.44. The van der Waals surface area contributed by atoms with Crippen molar-refractivity contribution in [3.8, 4) is 0 Å². The second kappa shape index (κ2) is 3.12. The van der Waals surface area contributed by atoms with Crippen LogP contribution < -0.4 is 0 Å². The van der Waals surface area contributed by atoms with Crippen LogP contribution in [0.4, 0.5) is 0 Å². The first kappa shape index (κ1) is 8.15. The lowest BCUT2D eigenvalue weighted by atomic mass is 9.98. The molecule has 0 aromatic carbocycles. The van der Waals surface area contributed by atoms with Crippen molar-refractivity contribution in [2.75, 3.05) is 13.1 Å². The molecule has 0 N–H and O–H groups in total. The zero-order valence-corrected chi connectivity index (χ0v) is 8.05. The number of likely N-dealkylation sites (tertiary alicyclic amines) is 1. The van der Waals surface area contributed by atoms with E-state index in [4.69, 9.17) is 0 Å². The van der Waals surface area contributed by atoms with E-state index in [2.05, 4.69) is 18.4 Å². The van der Waals surface area contributed by atoms with Crippen molar-refractivity contribution in [1.82, 2.24) is 4.90 Å². The zero-order valence-electron chi connectivity index (χ0n) is 8.05. The third-order valence-corrected chi connectivity index (χ3v) is 3.24. The van der Waals surface area contributed by atoms with Crippen molar-refractivity contribution in [2.45, 2.75) is 32.6 Å². The lowest BCUT2D eigenvalue weighted by molar-refractivity contribution is 0.229. The maximum atomic E-state index is 4.19. The lowest BCUT2D eigenvalue weighted by Crippen LogP contribution is -2.32. The quantitative estimate of drug-likeness (QED) is 0.608. The molecule has 68 valence electrons. The SMILES string of the molecule is C=C(C1CC1)N1CCC(C)CC1. The maximum Gasteiger partial charge on any atom is 0.0177 e. The molecule has 1 heterocycles. The summed E-state index contributed by atoms with van der Waals surface area (Å²) in [4.78, 5) is 2.51. The molecule has 1 aliphatic carbocycles. The smallest absolute Gasteiger partial charge is 0.0177 e. The summed E-state index contributed by atoms with van der Waals surface area (Å²) in [6, 6.07) is 0. The third kappa shape index (κ3) is 1.65. The minimum Gasteiger partial charge on any atom is -0.375 e. The highest BCUT2D eigenvalue weighted by Gasteiger charge is 2.29. The summed E-state index contributed by atoms with van der Waals surface area (Å²) >= 11 is 0. The number of hydrogen-bond donors (Lipinski definition) is 0. The molecule has 1 saturated heterocycles. The topological polar surface area (TPSA) is 3.24 Å². The molecule has 0 aromatic rings. The van der Waals surface area contributed by atoms with E-state index in [1.807, 2.05) is 0 Å². The third-order valence-electron chi connectivity index (χ3n) is 3.24. The van der Waals surface area contributed by atoms with Crippen molar-refractivity contribution in [2.24, 2.45) is 11.8 Å². The van der Waals surface area contributed by atoms with Gasteiger partial charge in [0.1, 0.15) is 0 Å². The molecule has 2 aliphatic rings. The molecule has 2 rings (SSSR count).